The number of anilines is 1. The normalized spacial score (nSPS) is 18.1. The van der Waals surface area contributed by atoms with E-state index < -0.39 is 30.7 Å². The van der Waals surface area contributed by atoms with Crippen LogP contribution < -0.4 is 15.9 Å². The Bertz CT molecular complexity index is 1400. The SMILES string of the molecule is CCc1cc2ccc(CN3CCN(c4ccc(C(=O)NN5CC(F)(F)C5)nc4Cl)CC3)c(F)c2[nH]c1=O. The number of aromatic nitrogens is 2. The van der Waals surface area contributed by atoms with E-state index in [2.05, 4.69) is 20.3 Å². The van der Waals surface area contributed by atoms with Crippen molar-refractivity contribution in [1.82, 2.24) is 25.3 Å². The van der Waals surface area contributed by atoms with Crippen LogP contribution in [0.25, 0.3) is 10.9 Å². The number of amides is 1. The van der Waals surface area contributed by atoms with Crippen molar-refractivity contribution in [3.63, 3.8) is 0 Å². The summed E-state index contributed by atoms with van der Waals surface area (Å²) in [6.07, 6.45) is 0.578. The van der Waals surface area contributed by atoms with Crippen LogP contribution in [0.5, 0.6) is 0 Å². The maximum absolute atomic E-state index is 15.2. The van der Waals surface area contributed by atoms with Crippen molar-refractivity contribution in [3.05, 3.63) is 68.5 Å². The standard InChI is InChI=1S/C25H26ClF3N6O2/c1-2-15-11-16-3-4-17(20(27)21(16)31-23(15)36)12-33-7-9-34(10-8-33)19-6-5-18(30-22(19)26)24(37)32-35-13-25(28,29)14-35/h3-6,11H,2,7-10,12-14H2,1H3,(H,31,36)(H,32,37). The van der Waals surface area contributed by atoms with Crippen LogP contribution in [0.4, 0.5) is 18.9 Å². The molecule has 3 aromatic rings. The quantitative estimate of drug-likeness (QED) is 0.473. The Kier molecular flexibility index (Phi) is 6.86. The molecule has 196 valence electrons. The number of nitrogens with one attached hydrogen (secondary N) is 2. The van der Waals surface area contributed by atoms with Gasteiger partial charge in [-0.25, -0.2) is 23.2 Å². The summed E-state index contributed by atoms with van der Waals surface area (Å²) in [5.74, 6) is -3.80. The lowest BCUT2D eigenvalue weighted by molar-refractivity contribution is -0.144. The van der Waals surface area contributed by atoms with Gasteiger partial charge in [-0.1, -0.05) is 30.7 Å². The van der Waals surface area contributed by atoms with Crippen LogP contribution in [0.1, 0.15) is 28.5 Å². The zero-order valence-corrected chi connectivity index (χ0v) is 20.9. The van der Waals surface area contributed by atoms with Gasteiger partial charge in [0.15, 0.2) is 11.0 Å². The van der Waals surface area contributed by atoms with Crippen molar-refractivity contribution in [1.29, 1.82) is 0 Å². The van der Waals surface area contributed by atoms with E-state index in [4.69, 9.17) is 11.6 Å². The fourth-order valence-corrected chi connectivity index (χ4v) is 4.96. The van der Waals surface area contributed by atoms with E-state index in [-0.39, 0.29) is 21.9 Å². The van der Waals surface area contributed by atoms with Gasteiger partial charge in [-0.2, -0.15) is 0 Å². The number of carbonyl (C=O) groups is 1. The molecule has 37 heavy (non-hydrogen) atoms. The zero-order chi connectivity index (χ0) is 26.3. The first-order valence-corrected chi connectivity index (χ1v) is 12.4. The molecule has 0 atom stereocenters. The zero-order valence-electron chi connectivity index (χ0n) is 20.2. The number of aryl methyl sites for hydroxylation is 1. The highest BCUT2D eigenvalue weighted by Gasteiger charge is 2.44. The number of halogens is 4. The maximum atomic E-state index is 15.2. The molecule has 12 heteroatoms. The molecule has 0 spiro atoms. The number of piperazine rings is 1. The Hall–Kier alpha value is -3.15. The van der Waals surface area contributed by atoms with Gasteiger partial charge in [-0.15, -0.1) is 0 Å². The van der Waals surface area contributed by atoms with Crippen molar-refractivity contribution in [2.75, 3.05) is 44.2 Å². The fourth-order valence-electron chi connectivity index (χ4n) is 4.68. The predicted molar refractivity (Wildman–Crippen MR) is 135 cm³/mol. The summed E-state index contributed by atoms with van der Waals surface area (Å²) in [7, 11) is 0. The third-order valence-corrected chi connectivity index (χ3v) is 7.05. The Labute approximate surface area is 216 Å². The summed E-state index contributed by atoms with van der Waals surface area (Å²) in [6, 6.07) is 8.52. The molecule has 2 aliphatic rings. The van der Waals surface area contributed by atoms with Crippen molar-refractivity contribution < 1.29 is 18.0 Å². The first-order chi connectivity index (χ1) is 17.6. The Morgan fingerprint density at radius 1 is 1.14 bits per heavy atom. The third kappa shape index (κ3) is 5.29. The minimum Gasteiger partial charge on any atom is -0.366 e. The highest BCUT2D eigenvalue weighted by molar-refractivity contribution is 6.32. The molecule has 2 fully saturated rings. The predicted octanol–water partition coefficient (Wildman–Crippen LogP) is 3.20. The number of aromatic amines is 1. The lowest BCUT2D eigenvalue weighted by Crippen LogP contribution is -2.62. The van der Waals surface area contributed by atoms with Gasteiger partial charge in [-0.3, -0.25) is 19.9 Å². The van der Waals surface area contributed by atoms with Gasteiger partial charge < -0.3 is 9.88 Å². The van der Waals surface area contributed by atoms with E-state index in [1.807, 2.05) is 17.9 Å². The highest BCUT2D eigenvalue weighted by atomic mass is 35.5. The molecule has 8 nitrogen and oxygen atoms in total. The smallest absolute Gasteiger partial charge is 0.284 e. The number of carbonyl (C=O) groups excluding carboxylic acids is 1. The molecule has 0 unspecified atom stereocenters. The lowest BCUT2D eigenvalue weighted by Gasteiger charge is -2.38. The molecule has 0 radical (unpaired) electrons. The molecule has 1 aromatic carbocycles. The summed E-state index contributed by atoms with van der Waals surface area (Å²) in [6.45, 7) is 3.73. The average molecular weight is 535 g/mol. The van der Waals surface area contributed by atoms with Crippen LogP contribution in [-0.2, 0) is 13.0 Å². The largest absolute Gasteiger partial charge is 0.366 e. The highest BCUT2D eigenvalue weighted by Crippen LogP contribution is 2.28. The lowest BCUT2D eigenvalue weighted by atomic mass is 10.1. The van der Waals surface area contributed by atoms with Crippen LogP contribution >= 0.6 is 11.6 Å². The molecule has 0 aliphatic carbocycles. The van der Waals surface area contributed by atoms with Gasteiger partial charge in [0.1, 0.15) is 5.69 Å². The fraction of sp³-hybridized carbons (Fsp3) is 0.400. The second-order valence-corrected chi connectivity index (χ2v) is 9.76. The minimum atomic E-state index is -2.79. The summed E-state index contributed by atoms with van der Waals surface area (Å²) in [4.78, 5) is 35.4. The molecule has 2 aromatic heterocycles. The molecule has 0 bridgehead atoms. The number of pyridine rings is 2. The van der Waals surface area contributed by atoms with E-state index >= 15 is 4.39 Å². The van der Waals surface area contributed by atoms with E-state index in [9.17, 15) is 18.4 Å². The molecule has 1 amide bonds. The molecule has 5 rings (SSSR count). The Morgan fingerprint density at radius 2 is 1.86 bits per heavy atom. The second kappa shape index (κ2) is 9.96. The van der Waals surface area contributed by atoms with Gasteiger partial charge in [0.2, 0.25) is 0 Å². The van der Waals surface area contributed by atoms with Crippen LogP contribution in [0.3, 0.4) is 0 Å². The van der Waals surface area contributed by atoms with Gasteiger partial charge >= 0.3 is 0 Å². The van der Waals surface area contributed by atoms with Crippen LogP contribution in [0.15, 0.2) is 35.1 Å². The minimum absolute atomic E-state index is 0.0403. The summed E-state index contributed by atoms with van der Waals surface area (Å²) in [5, 5.41) is 1.94. The summed E-state index contributed by atoms with van der Waals surface area (Å²) >= 11 is 6.35. The second-order valence-electron chi connectivity index (χ2n) is 9.40. The molecule has 2 N–H and O–H groups in total. The molecule has 0 saturated carbocycles. The third-order valence-electron chi connectivity index (χ3n) is 6.77. The first-order valence-electron chi connectivity index (χ1n) is 12.0. The molecule has 2 saturated heterocycles. The van der Waals surface area contributed by atoms with E-state index in [1.165, 1.54) is 6.07 Å². The number of hydrogen-bond acceptors (Lipinski definition) is 6. The van der Waals surface area contributed by atoms with Crippen molar-refractivity contribution in [3.8, 4) is 0 Å². The van der Waals surface area contributed by atoms with Crippen LogP contribution in [0.2, 0.25) is 5.15 Å². The molecular formula is C25H26ClF3N6O2. The first kappa shape index (κ1) is 25.5. The van der Waals surface area contributed by atoms with Crippen molar-refractivity contribution in [2.45, 2.75) is 25.8 Å². The van der Waals surface area contributed by atoms with Crippen LogP contribution in [0, 0.1) is 5.82 Å². The average Bonchev–Trinajstić information content (AvgIpc) is 2.85. The van der Waals surface area contributed by atoms with E-state index in [0.29, 0.717) is 61.3 Å². The Balaban J connectivity index is 1.20. The molecular weight excluding hydrogens is 509 g/mol. The topological polar surface area (TPSA) is 84.6 Å². The number of hydrazine groups is 1. The van der Waals surface area contributed by atoms with Crippen LogP contribution in [-0.4, -0.2) is 71.0 Å². The van der Waals surface area contributed by atoms with Gasteiger partial charge in [0, 0.05) is 49.2 Å². The van der Waals surface area contributed by atoms with Gasteiger partial charge in [-0.05, 0) is 24.6 Å². The number of H-pyrrole nitrogens is 1. The number of benzene rings is 1. The number of alkyl halides is 2. The summed E-state index contributed by atoms with van der Waals surface area (Å²) < 4.78 is 41.1. The molecule has 2 aliphatic heterocycles. The van der Waals surface area contributed by atoms with Crippen molar-refractivity contribution >= 4 is 34.1 Å². The Morgan fingerprint density at radius 3 is 2.51 bits per heavy atom. The summed E-state index contributed by atoms with van der Waals surface area (Å²) in [5.41, 5.74) is 4.18. The molecule has 4 heterocycles. The van der Waals surface area contributed by atoms with E-state index in [1.54, 1.807) is 18.2 Å². The van der Waals surface area contributed by atoms with Gasteiger partial charge in [0.25, 0.3) is 17.4 Å². The number of nitrogens with zero attached hydrogens (tertiary/aromatic N) is 4. The number of hydrogen-bond donors (Lipinski definition) is 2. The van der Waals surface area contributed by atoms with Gasteiger partial charge in [0.05, 0.1) is 24.3 Å². The number of rotatable bonds is 6. The maximum Gasteiger partial charge on any atom is 0.284 e. The number of fused-ring (bicyclic) bond motifs is 1. The van der Waals surface area contributed by atoms with E-state index in [0.717, 1.165) is 5.01 Å². The monoisotopic (exact) mass is 534 g/mol. The van der Waals surface area contributed by atoms with Crippen molar-refractivity contribution in [2.24, 2.45) is 0 Å².